The Bertz CT molecular complexity index is 290. The van der Waals surface area contributed by atoms with Crippen molar-refractivity contribution in [2.24, 2.45) is 0 Å². The highest BCUT2D eigenvalue weighted by Gasteiger charge is 2.16. The van der Waals surface area contributed by atoms with Gasteiger partial charge in [0.1, 0.15) is 5.82 Å². The zero-order valence-electron chi connectivity index (χ0n) is 7.58. The topological polar surface area (TPSA) is 46.2 Å². The first-order valence-corrected chi connectivity index (χ1v) is 4.34. The van der Waals surface area contributed by atoms with Crippen molar-refractivity contribution in [3.8, 4) is 0 Å². The van der Waals surface area contributed by atoms with Gasteiger partial charge >= 0.3 is 0 Å². The van der Waals surface area contributed by atoms with Gasteiger partial charge in [0, 0.05) is 19.9 Å². The monoisotopic (exact) mass is 179 g/mol. The molecule has 0 aliphatic carbocycles. The molecule has 4 nitrogen and oxygen atoms in total. The summed E-state index contributed by atoms with van der Waals surface area (Å²) >= 11 is 0. The molecule has 0 fully saturated rings. The number of pyridine rings is 1. The maximum atomic E-state index is 5.07. The van der Waals surface area contributed by atoms with Gasteiger partial charge in [-0.2, -0.15) is 0 Å². The molecular weight excluding hydrogens is 166 g/mol. The Kier molecular flexibility index (Phi) is 2.31. The molecule has 1 aromatic rings. The minimum atomic E-state index is 0.312. The molecule has 2 N–H and O–H groups in total. The molecule has 1 aliphatic heterocycles. The van der Waals surface area contributed by atoms with E-state index in [-0.39, 0.29) is 0 Å². The Morgan fingerprint density at radius 3 is 3.46 bits per heavy atom. The van der Waals surface area contributed by atoms with Crippen molar-refractivity contribution >= 4 is 11.5 Å². The first kappa shape index (κ1) is 8.31. The Hall–Kier alpha value is -1.29. The standard InChI is InChI=1S/C9H13N3O/c1-13-6-7-5-11-8-3-2-4-10-9(8)12-7/h2-4,7,11H,5-6H2,1H3,(H,10,12). The SMILES string of the molecule is COCC1CNc2cccnc2N1. The largest absolute Gasteiger partial charge is 0.382 e. The second-order valence-electron chi connectivity index (χ2n) is 3.08. The van der Waals surface area contributed by atoms with Crippen LogP contribution in [-0.4, -0.2) is 31.3 Å². The summed E-state index contributed by atoms with van der Waals surface area (Å²) < 4.78 is 5.07. The molecule has 1 atom stereocenters. The highest BCUT2D eigenvalue weighted by Crippen LogP contribution is 2.22. The van der Waals surface area contributed by atoms with E-state index in [1.54, 1.807) is 13.3 Å². The van der Waals surface area contributed by atoms with Crippen molar-refractivity contribution in [2.45, 2.75) is 6.04 Å². The molecule has 70 valence electrons. The number of anilines is 2. The van der Waals surface area contributed by atoms with Crippen LogP contribution in [0.4, 0.5) is 11.5 Å². The summed E-state index contributed by atoms with van der Waals surface area (Å²) in [7, 11) is 1.70. The summed E-state index contributed by atoms with van der Waals surface area (Å²) in [6, 6.07) is 4.25. The van der Waals surface area contributed by atoms with Gasteiger partial charge in [0.05, 0.1) is 18.3 Å². The number of nitrogens with zero attached hydrogens (tertiary/aromatic N) is 1. The molecule has 0 bridgehead atoms. The van der Waals surface area contributed by atoms with Crippen LogP contribution in [0.2, 0.25) is 0 Å². The third kappa shape index (κ3) is 1.72. The quantitative estimate of drug-likeness (QED) is 0.709. The molecular formula is C9H13N3O. The average Bonchev–Trinajstić information content (AvgIpc) is 2.18. The van der Waals surface area contributed by atoms with Gasteiger partial charge in [-0.15, -0.1) is 0 Å². The van der Waals surface area contributed by atoms with Crippen LogP contribution in [0.1, 0.15) is 0 Å². The first-order valence-electron chi connectivity index (χ1n) is 4.34. The summed E-state index contributed by atoms with van der Waals surface area (Å²) in [5.74, 6) is 0.913. The van der Waals surface area contributed by atoms with E-state index >= 15 is 0 Å². The van der Waals surface area contributed by atoms with Crippen LogP contribution in [0, 0.1) is 0 Å². The van der Waals surface area contributed by atoms with Crippen molar-refractivity contribution in [3.05, 3.63) is 18.3 Å². The summed E-state index contributed by atoms with van der Waals surface area (Å²) in [6.45, 7) is 1.58. The van der Waals surface area contributed by atoms with Crippen LogP contribution in [-0.2, 0) is 4.74 Å². The fourth-order valence-corrected chi connectivity index (χ4v) is 1.44. The number of aromatic nitrogens is 1. The van der Waals surface area contributed by atoms with Gasteiger partial charge < -0.3 is 15.4 Å². The maximum absolute atomic E-state index is 5.07. The molecule has 0 radical (unpaired) electrons. The minimum absolute atomic E-state index is 0.312. The number of hydrogen-bond donors (Lipinski definition) is 2. The Balaban J connectivity index is 2.11. The van der Waals surface area contributed by atoms with Crippen LogP contribution < -0.4 is 10.6 Å². The average molecular weight is 179 g/mol. The number of hydrogen-bond acceptors (Lipinski definition) is 4. The molecule has 1 aliphatic rings. The van der Waals surface area contributed by atoms with Gasteiger partial charge in [0.2, 0.25) is 0 Å². The lowest BCUT2D eigenvalue weighted by Gasteiger charge is -2.26. The predicted octanol–water partition coefficient (Wildman–Crippen LogP) is 0.934. The second-order valence-corrected chi connectivity index (χ2v) is 3.08. The zero-order valence-corrected chi connectivity index (χ0v) is 7.58. The molecule has 0 saturated heterocycles. The Morgan fingerprint density at radius 1 is 1.69 bits per heavy atom. The van der Waals surface area contributed by atoms with E-state index in [1.807, 2.05) is 12.1 Å². The molecule has 0 aromatic carbocycles. The number of fused-ring (bicyclic) bond motifs is 1. The van der Waals surface area contributed by atoms with E-state index in [9.17, 15) is 0 Å². The summed E-state index contributed by atoms with van der Waals surface area (Å²) in [5.41, 5.74) is 1.06. The molecule has 1 aromatic heterocycles. The number of rotatable bonds is 2. The van der Waals surface area contributed by atoms with Crippen LogP contribution >= 0.6 is 0 Å². The molecule has 0 saturated carbocycles. The molecule has 1 unspecified atom stereocenters. The highest BCUT2D eigenvalue weighted by atomic mass is 16.5. The van der Waals surface area contributed by atoms with Crippen LogP contribution in [0.25, 0.3) is 0 Å². The molecule has 4 heteroatoms. The maximum Gasteiger partial charge on any atom is 0.149 e. The third-order valence-corrected chi connectivity index (χ3v) is 2.06. The van der Waals surface area contributed by atoms with E-state index in [4.69, 9.17) is 4.74 Å². The lowest BCUT2D eigenvalue weighted by atomic mass is 10.2. The van der Waals surface area contributed by atoms with Gasteiger partial charge in [-0.25, -0.2) is 4.98 Å². The molecule has 2 rings (SSSR count). The Labute approximate surface area is 77.3 Å². The van der Waals surface area contributed by atoms with Gasteiger partial charge in [-0.3, -0.25) is 0 Å². The lowest BCUT2D eigenvalue weighted by Crippen LogP contribution is -2.36. The van der Waals surface area contributed by atoms with Gasteiger partial charge in [-0.1, -0.05) is 0 Å². The van der Waals surface area contributed by atoms with Crippen molar-refractivity contribution in [1.29, 1.82) is 0 Å². The van der Waals surface area contributed by atoms with Gasteiger partial charge in [0.25, 0.3) is 0 Å². The first-order chi connectivity index (χ1) is 6.40. The third-order valence-electron chi connectivity index (χ3n) is 2.06. The van der Waals surface area contributed by atoms with Crippen molar-refractivity contribution in [1.82, 2.24) is 4.98 Å². The number of methoxy groups -OCH3 is 1. The molecule has 2 heterocycles. The van der Waals surface area contributed by atoms with Crippen LogP contribution in [0.5, 0.6) is 0 Å². The summed E-state index contributed by atoms with van der Waals surface area (Å²) in [6.07, 6.45) is 1.78. The number of ether oxygens (including phenoxy) is 1. The minimum Gasteiger partial charge on any atom is -0.382 e. The van der Waals surface area contributed by atoms with Crippen molar-refractivity contribution in [2.75, 3.05) is 30.9 Å². The van der Waals surface area contributed by atoms with E-state index in [2.05, 4.69) is 15.6 Å². The van der Waals surface area contributed by atoms with E-state index in [0.29, 0.717) is 12.6 Å². The normalized spacial score (nSPS) is 19.9. The zero-order chi connectivity index (χ0) is 9.10. The van der Waals surface area contributed by atoms with E-state index in [1.165, 1.54) is 0 Å². The van der Waals surface area contributed by atoms with Crippen molar-refractivity contribution in [3.63, 3.8) is 0 Å². The summed E-state index contributed by atoms with van der Waals surface area (Å²) in [4.78, 5) is 4.22. The van der Waals surface area contributed by atoms with E-state index < -0.39 is 0 Å². The van der Waals surface area contributed by atoms with E-state index in [0.717, 1.165) is 18.1 Å². The summed E-state index contributed by atoms with van der Waals surface area (Å²) in [5, 5.41) is 6.59. The van der Waals surface area contributed by atoms with Crippen LogP contribution in [0.3, 0.4) is 0 Å². The smallest absolute Gasteiger partial charge is 0.149 e. The molecule has 0 amide bonds. The molecule has 0 spiro atoms. The predicted molar refractivity (Wildman–Crippen MR) is 52.0 cm³/mol. The Morgan fingerprint density at radius 2 is 2.62 bits per heavy atom. The second kappa shape index (κ2) is 3.62. The van der Waals surface area contributed by atoms with Crippen molar-refractivity contribution < 1.29 is 4.74 Å². The van der Waals surface area contributed by atoms with Gasteiger partial charge in [0.15, 0.2) is 0 Å². The van der Waals surface area contributed by atoms with Gasteiger partial charge in [-0.05, 0) is 12.1 Å². The lowest BCUT2D eigenvalue weighted by molar-refractivity contribution is 0.188. The van der Waals surface area contributed by atoms with Crippen LogP contribution in [0.15, 0.2) is 18.3 Å². The molecule has 13 heavy (non-hydrogen) atoms. The highest BCUT2D eigenvalue weighted by molar-refractivity contribution is 5.66. The fraction of sp³-hybridized carbons (Fsp3) is 0.444. The fourth-order valence-electron chi connectivity index (χ4n) is 1.44. The number of nitrogens with one attached hydrogen (secondary N) is 2.